The minimum atomic E-state index is -0.417. The molecule has 0 aliphatic carbocycles. The Bertz CT molecular complexity index is 431. The second-order valence-electron chi connectivity index (χ2n) is 4.22. The van der Waals surface area contributed by atoms with Gasteiger partial charge in [0.05, 0.1) is 26.9 Å². The van der Waals surface area contributed by atoms with Crippen LogP contribution in [0.2, 0.25) is 0 Å². The predicted molar refractivity (Wildman–Crippen MR) is 65.8 cm³/mol. The Hall–Kier alpha value is -1.33. The van der Waals surface area contributed by atoms with E-state index < -0.39 is 5.82 Å². The van der Waals surface area contributed by atoms with E-state index in [4.69, 9.17) is 14.2 Å². The number of hydrogen-bond acceptors (Lipinski definition) is 4. The molecular formula is C13H18FNO3. The van der Waals surface area contributed by atoms with Crippen molar-refractivity contribution in [1.82, 2.24) is 5.32 Å². The van der Waals surface area contributed by atoms with Gasteiger partial charge < -0.3 is 19.5 Å². The molecule has 0 amide bonds. The van der Waals surface area contributed by atoms with Gasteiger partial charge in [-0.3, -0.25) is 0 Å². The third-order valence-electron chi connectivity index (χ3n) is 3.09. The zero-order chi connectivity index (χ0) is 13.1. The molecule has 1 unspecified atom stereocenters. The standard InChI is InChI=1S/C13H18FNO3/c1-8-6-9(14)12(16-2)13(17-3)11(8)10-7-15-4-5-18-10/h6,10,15H,4-5,7H2,1-3H3. The van der Waals surface area contributed by atoms with Crippen LogP contribution in [0.4, 0.5) is 4.39 Å². The highest BCUT2D eigenvalue weighted by atomic mass is 19.1. The topological polar surface area (TPSA) is 39.7 Å². The number of methoxy groups -OCH3 is 2. The zero-order valence-corrected chi connectivity index (χ0v) is 10.9. The van der Waals surface area contributed by atoms with E-state index >= 15 is 0 Å². The van der Waals surface area contributed by atoms with E-state index in [1.807, 2.05) is 6.92 Å². The lowest BCUT2D eigenvalue weighted by atomic mass is 10.00. The highest BCUT2D eigenvalue weighted by Crippen LogP contribution is 2.40. The molecule has 1 fully saturated rings. The Morgan fingerprint density at radius 2 is 2.06 bits per heavy atom. The number of ether oxygens (including phenoxy) is 3. The molecule has 4 nitrogen and oxygen atoms in total. The van der Waals surface area contributed by atoms with E-state index in [0.717, 1.165) is 17.7 Å². The molecule has 0 saturated carbocycles. The van der Waals surface area contributed by atoms with Crippen LogP contribution >= 0.6 is 0 Å². The van der Waals surface area contributed by atoms with Crippen LogP contribution < -0.4 is 14.8 Å². The van der Waals surface area contributed by atoms with Crippen molar-refractivity contribution in [3.8, 4) is 11.5 Å². The number of aryl methyl sites for hydroxylation is 1. The molecule has 1 N–H and O–H groups in total. The maximum atomic E-state index is 13.8. The molecule has 0 radical (unpaired) electrons. The van der Waals surface area contributed by atoms with Crippen molar-refractivity contribution in [2.24, 2.45) is 0 Å². The highest BCUT2D eigenvalue weighted by Gasteiger charge is 2.26. The molecule has 1 aromatic carbocycles. The number of halogens is 1. The minimum absolute atomic E-state index is 0.132. The molecule has 1 atom stereocenters. The lowest BCUT2D eigenvalue weighted by molar-refractivity contribution is 0.0256. The second-order valence-corrected chi connectivity index (χ2v) is 4.22. The van der Waals surface area contributed by atoms with Gasteiger partial charge in [0.1, 0.15) is 0 Å². The summed E-state index contributed by atoms with van der Waals surface area (Å²) in [6.45, 7) is 3.99. The molecule has 1 aromatic rings. The van der Waals surface area contributed by atoms with Crippen LogP contribution in [0.3, 0.4) is 0 Å². The van der Waals surface area contributed by atoms with Crippen molar-refractivity contribution >= 4 is 0 Å². The predicted octanol–water partition coefficient (Wildman–Crippen LogP) is 1.81. The summed E-state index contributed by atoms with van der Waals surface area (Å²) in [6.07, 6.45) is -0.136. The van der Waals surface area contributed by atoms with Gasteiger partial charge in [-0.05, 0) is 18.6 Å². The summed E-state index contributed by atoms with van der Waals surface area (Å²) < 4.78 is 29.9. The third-order valence-corrected chi connectivity index (χ3v) is 3.09. The van der Waals surface area contributed by atoms with Crippen LogP contribution in [0.5, 0.6) is 11.5 Å². The SMILES string of the molecule is COc1c(F)cc(C)c(C2CNCCO2)c1OC. The van der Waals surface area contributed by atoms with Gasteiger partial charge in [0.2, 0.25) is 0 Å². The number of rotatable bonds is 3. The number of hydrogen-bond donors (Lipinski definition) is 1. The highest BCUT2D eigenvalue weighted by molar-refractivity contribution is 5.52. The molecule has 1 aliphatic rings. The van der Waals surface area contributed by atoms with Gasteiger partial charge in [0, 0.05) is 18.7 Å². The molecule has 18 heavy (non-hydrogen) atoms. The van der Waals surface area contributed by atoms with E-state index in [1.54, 1.807) is 0 Å². The van der Waals surface area contributed by atoms with Gasteiger partial charge in [-0.15, -0.1) is 0 Å². The van der Waals surface area contributed by atoms with Crippen LogP contribution in [0.15, 0.2) is 6.07 Å². The quantitative estimate of drug-likeness (QED) is 0.894. The molecule has 100 valence electrons. The molecule has 2 rings (SSSR count). The summed E-state index contributed by atoms with van der Waals surface area (Å²) in [4.78, 5) is 0. The molecule has 0 aromatic heterocycles. The summed E-state index contributed by atoms with van der Waals surface area (Å²) >= 11 is 0. The average molecular weight is 255 g/mol. The maximum absolute atomic E-state index is 13.8. The maximum Gasteiger partial charge on any atom is 0.197 e. The van der Waals surface area contributed by atoms with E-state index in [-0.39, 0.29) is 11.9 Å². The lowest BCUT2D eigenvalue weighted by Gasteiger charge is -2.27. The summed E-state index contributed by atoms with van der Waals surface area (Å²) in [7, 11) is 2.94. The molecule has 1 saturated heterocycles. The summed E-state index contributed by atoms with van der Waals surface area (Å²) in [5.74, 6) is 0.135. The van der Waals surface area contributed by atoms with Crippen LogP contribution in [0.25, 0.3) is 0 Å². The Balaban J connectivity index is 2.49. The van der Waals surface area contributed by atoms with Crippen molar-refractivity contribution < 1.29 is 18.6 Å². The van der Waals surface area contributed by atoms with Crippen molar-refractivity contribution in [2.45, 2.75) is 13.0 Å². The number of nitrogens with one attached hydrogen (secondary N) is 1. The summed E-state index contributed by atoms with van der Waals surface area (Å²) in [5.41, 5.74) is 1.65. The lowest BCUT2D eigenvalue weighted by Crippen LogP contribution is -2.34. The molecule has 5 heteroatoms. The number of benzene rings is 1. The first kappa shape index (κ1) is 13.1. The first-order valence-corrected chi connectivity index (χ1v) is 5.92. The van der Waals surface area contributed by atoms with Gasteiger partial charge in [-0.2, -0.15) is 0 Å². The third kappa shape index (κ3) is 2.28. The van der Waals surface area contributed by atoms with Crippen LogP contribution in [-0.2, 0) is 4.74 Å². The average Bonchev–Trinajstić information content (AvgIpc) is 2.38. The molecule has 0 bridgehead atoms. The molecular weight excluding hydrogens is 237 g/mol. The zero-order valence-electron chi connectivity index (χ0n) is 10.9. The fourth-order valence-corrected chi connectivity index (χ4v) is 2.29. The second kappa shape index (κ2) is 5.54. The van der Waals surface area contributed by atoms with E-state index in [1.165, 1.54) is 20.3 Å². The Labute approximate surface area is 106 Å². The van der Waals surface area contributed by atoms with E-state index in [2.05, 4.69) is 5.32 Å². The van der Waals surface area contributed by atoms with Crippen LogP contribution in [0.1, 0.15) is 17.2 Å². The monoisotopic (exact) mass is 255 g/mol. The largest absolute Gasteiger partial charge is 0.492 e. The van der Waals surface area contributed by atoms with Gasteiger partial charge >= 0.3 is 0 Å². The fourth-order valence-electron chi connectivity index (χ4n) is 2.29. The summed E-state index contributed by atoms with van der Waals surface area (Å²) in [6, 6.07) is 1.45. The smallest absolute Gasteiger partial charge is 0.197 e. The number of morpholine rings is 1. The van der Waals surface area contributed by atoms with Crippen molar-refractivity contribution in [1.29, 1.82) is 0 Å². The van der Waals surface area contributed by atoms with Gasteiger partial charge in [-0.1, -0.05) is 0 Å². The molecule has 1 aliphatic heterocycles. The molecule has 1 heterocycles. The fraction of sp³-hybridized carbons (Fsp3) is 0.538. The summed E-state index contributed by atoms with van der Waals surface area (Å²) in [5, 5.41) is 3.25. The van der Waals surface area contributed by atoms with Crippen LogP contribution in [-0.4, -0.2) is 33.9 Å². The van der Waals surface area contributed by atoms with E-state index in [9.17, 15) is 4.39 Å². The Kier molecular flexibility index (Phi) is 4.04. The van der Waals surface area contributed by atoms with Gasteiger partial charge in [0.15, 0.2) is 17.3 Å². The van der Waals surface area contributed by atoms with Crippen molar-refractivity contribution in [2.75, 3.05) is 33.9 Å². The first-order chi connectivity index (χ1) is 8.69. The normalized spacial score (nSPS) is 19.7. The first-order valence-electron chi connectivity index (χ1n) is 5.92. The minimum Gasteiger partial charge on any atom is -0.492 e. The Morgan fingerprint density at radius 3 is 2.61 bits per heavy atom. The Morgan fingerprint density at radius 1 is 1.33 bits per heavy atom. The van der Waals surface area contributed by atoms with E-state index in [0.29, 0.717) is 18.9 Å². The van der Waals surface area contributed by atoms with Crippen LogP contribution in [0, 0.1) is 12.7 Å². The molecule has 0 spiro atoms. The van der Waals surface area contributed by atoms with Crippen molar-refractivity contribution in [3.63, 3.8) is 0 Å². The van der Waals surface area contributed by atoms with Crippen molar-refractivity contribution in [3.05, 3.63) is 23.0 Å². The van der Waals surface area contributed by atoms with Gasteiger partial charge in [-0.25, -0.2) is 4.39 Å². The van der Waals surface area contributed by atoms with Gasteiger partial charge in [0.25, 0.3) is 0 Å².